The summed E-state index contributed by atoms with van der Waals surface area (Å²) in [5.74, 6) is 3.10. The maximum Gasteiger partial charge on any atom is 0.229 e. The van der Waals surface area contributed by atoms with Crippen molar-refractivity contribution < 1.29 is 9.47 Å². The van der Waals surface area contributed by atoms with Crippen molar-refractivity contribution in [3.05, 3.63) is 95.6 Å². The minimum Gasteiger partial charge on any atom is -0.497 e. The smallest absolute Gasteiger partial charge is 0.229 e. The number of methoxy groups -OCH3 is 2. The molecule has 0 bridgehead atoms. The molecule has 8 heteroatoms. The maximum atomic E-state index is 5.23. The second-order valence-electron chi connectivity index (χ2n) is 7.55. The fourth-order valence-corrected chi connectivity index (χ4v) is 3.24. The number of hydrogen-bond donors (Lipinski definition) is 3. The number of hydrogen-bond acceptors (Lipinski definition) is 8. The van der Waals surface area contributed by atoms with Gasteiger partial charge in [-0.05, 0) is 41.0 Å². The molecule has 0 saturated heterocycles. The summed E-state index contributed by atoms with van der Waals surface area (Å²) in [5, 5.41) is 9.88. The normalized spacial score (nSPS) is 10.4. The van der Waals surface area contributed by atoms with Gasteiger partial charge in [0.2, 0.25) is 17.8 Å². The molecule has 4 aromatic rings. The number of aromatic nitrogens is 3. The molecule has 3 N–H and O–H groups in total. The standard InChI is InChI=1S/C26H28N6O2/c1-33-22-12-8-20(9-13-22)17-28-25-30-24(27-16-19-6-4-3-5-7-19)31-26(32-25)29-18-21-10-14-23(34-2)15-11-21/h3-15H,16-18H2,1-2H3,(H3,27,28,29,30,31,32). The van der Waals surface area contributed by atoms with Crippen LogP contribution < -0.4 is 25.4 Å². The van der Waals surface area contributed by atoms with Gasteiger partial charge >= 0.3 is 0 Å². The molecular weight excluding hydrogens is 428 g/mol. The van der Waals surface area contributed by atoms with Crippen LogP contribution in [0.1, 0.15) is 16.7 Å². The summed E-state index contributed by atoms with van der Waals surface area (Å²) in [5.41, 5.74) is 3.32. The summed E-state index contributed by atoms with van der Waals surface area (Å²) >= 11 is 0. The molecule has 34 heavy (non-hydrogen) atoms. The Morgan fingerprint density at radius 2 is 0.853 bits per heavy atom. The quantitative estimate of drug-likeness (QED) is 0.298. The summed E-state index contributed by atoms with van der Waals surface area (Å²) in [4.78, 5) is 13.7. The van der Waals surface area contributed by atoms with E-state index in [2.05, 4.69) is 43.0 Å². The van der Waals surface area contributed by atoms with Crippen molar-refractivity contribution in [1.82, 2.24) is 15.0 Å². The average Bonchev–Trinajstić information content (AvgIpc) is 2.90. The first kappa shape index (κ1) is 22.8. The van der Waals surface area contributed by atoms with Crippen molar-refractivity contribution in [3.63, 3.8) is 0 Å². The van der Waals surface area contributed by atoms with Crippen LogP contribution in [-0.4, -0.2) is 29.2 Å². The van der Waals surface area contributed by atoms with E-state index in [1.807, 2.05) is 66.7 Å². The summed E-state index contributed by atoms with van der Waals surface area (Å²) in [6.07, 6.45) is 0. The molecule has 4 rings (SSSR count). The summed E-state index contributed by atoms with van der Waals surface area (Å²) in [6.45, 7) is 1.76. The third-order valence-electron chi connectivity index (χ3n) is 5.15. The molecule has 1 heterocycles. The third-order valence-corrected chi connectivity index (χ3v) is 5.15. The third kappa shape index (κ3) is 6.59. The lowest BCUT2D eigenvalue weighted by atomic mass is 10.2. The molecule has 0 saturated carbocycles. The molecule has 174 valence electrons. The lowest BCUT2D eigenvalue weighted by molar-refractivity contribution is 0.414. The molecule has 0 radical (unpaired) electrons. The highest BCUT2D eigenvalue weighted by atomic mass is 16.5. The molecule has 0 aliphatic heterocycles. The van der Waals surface area contributed by atoms with Crippen molar-refractivity contribution in [2.24, 2.45) is 0 Å². The van der Waals surface area contributed by atoms with E-state index in [1.54, 1.807) is 14.2 Å². The Hall–Kier alpha value is -4.33. The van der Waals surface area contributed by atoms with Gasteiger partial charge in [-0.25, -0.2) is 0 Å². The second kappa shape index (κ2) is 11.5. The van der Waals surface area contributed by atoms with Gasteiger partial charge in [0.15, 0.2) is 0 Å². The molecule has 0 aliphatic rings. The van der Waals surface area contributed by atoms with E-state index in [9.17, 15) is 0 Å². The lowest BCUT2D eigenvalue weighted by Gasteiger charge is -2.12. The van der Waals surface area contributed by atoms with E-state index in [4.69, 9.17) is 9.47 Å². The van der Waals surface area contributed by atoms with Crippen molar-refractivity contribution in [2.45, 2.75) is 19.6 Å². The number of rotatable bonds is 11. The number of benzene rings is 3. The Balaban J connectivity index is 1.46. The van der Waals surface area contributed by atoms with Gasteiger partial charge in [-0.1, -0.05) is 54.6 Å². The zero-order valence-corrected chi connectivity index (χ0v) is 19.3. The van der Waals surface area contributed by atoms with E-state index in [1.165, 1.54) is 0 Å². The summed E-state index contributed by atoms with van der Waals surface area (Å²) in [6, 6.07) is 25.9. The molecule has 0 fully saturated rings. The minimum atomic E-state index is 0.485. The van der Waals surface area contributed by atoms with Crippen LogP contribution in [0.15, 0.2) is 78.9 Å². The minimum absolute atomic E-state index is 0.485. The highest BCUT2D eigenvalue weighted by Crippen LogP contribution is 2.16. The Kier molecular flexibility index (Phi) is 7.74. The molecule has 0 atom stereocenters. The van der Waals surface area contributed by atoms with Crippen LogP contribution in [0, 0.1) is 0 Å². The Morgan fingerprint density at radius 1 is 0.500 bits per heavy atom. The predicted molar refractivity (Wildman–Crippen MR) is 134 cm³/mol. The van der Waals surface area contributed by atoms with E-state index < -0.39 is 0 Å². The molecule has 8 nitrogen and oxygen atoms in total. The van der Waals surface area contributed by atoms with E-state index in [0.717, 1.165) is 28.2 Å². The first-order chi connectivity index (χ1) is 16.7. The number of nitrogens with zero attached hydrogens (tertiary/aromatic N) is 3. The Bertz CT molecular complexity index is 1100. The molecule has 0 aliphatic carbocycles. The van der Waals surface area contributed by atoms with Crippen LogP contribution >= 0.6 is 0 Å². The van der Waals surface area contributed by atoms with Crippen molar-refractivity contribution in [1.29, 1.82) is 0 Å². The SMILES string of the molecule is COc1ccc(CNc2nc(NCc3ccccc3)nc(NCc3ccc(OC)cc3)n2)cc1. The van der Waals surface area contributed by atoms with Gasteiger partial charge in [0, 0.05) is 19.6 Å². The molecule has 1 aromatic heterocycles. The van der Waals surface area contributed by atoms with Crippen LogP contribution in [0.25, 0.3) is 0 Å². The molecular formula is C26H28N6O2. The summed E-state index contributed by atoms with van der Waals surface area (Å²) < 4.78 is 10.5. The monoisotopic (exact) mass is 456 g/mol. The van der Waals surface area contributed by atoms with E-state index in [-0.39, 0.29) is 0 Å². The first-order valence-corrected chi connectivity index (χ1v) is 11.0. The largest absolute Gasteiger partial charge is 0.497 e. The molecule has 0 unspecified atom stereocenters. The molecule has 0 spiro atoms. The van der Waals surface area contributed by atoms with Gasteiger partial charge in [0.25, 0.3) is 0 Å². The van der Waals surface area contributed by atoms with Gasteiger partial charge in [-0.2, -0.15) is 15.0 Å². The first-order valence-electron chi connectivity index (χ1n) is 11.0. The van der Waals surface area contributed by atoms with Crippen LogP contribution in [0.4, 0.5) is 17.8 Å². The fraction of sp³-hybridized carbons (Fsp3) is 0.192. The van der Waals surface area contributed by atoms with E-state index in [0.29, 0.717) is 37.5 Å². The van der Waals surface area contributed by atoms with Gasteiger partial charge < -0.3 is 25.4 Å². The average molecular weight is 457 g/mol. The molecule has 3 aromatic carbocycles. The van der Waals surface area contributed by atoms with E-state index >= 15 is 0 Å². The predicted octanol–water partition coefficient (Wildman–Crippen LogP) is 4.73. The van der Waals surface area contributed by atoms with Crippen LogP contribution in [0.2, 0.25) is 0 Å². The lowest BCUT2D eigenvalue weighted by Crippen LogP contribution is -2.12. The Labute approximate surface area is 199 Å². The molecule has 0 amide bonds. The van der Waals surface area contributed by atoms with Crippen molar-refractivity contribution in [2.75, 3.05) is 30.2 Å². The topological polar surface area (TPSA) is 93.2 Å². The Morgan fingerprint density at radius 3 is 1.21 bits per heavy atom. The zero-order valence-electron chi connectivity index (χ0n) is 19.3. The van der Waals surface area contributed by atoms with Crippen LogP contribution in [-0.2, 0) is 19.6 Å². The maximum absolute atomic E-state index is 5.23. The van der Waals surface area contributed by atoms with Gasteiger partial charge in [-0.3, -0.25) is 0 Å². The van der Waals surface area contributed by atoms with Crippen molar-refractivity contribution in [3.8, 4) is 11.5 Å². The highest BCUT2D eigenvalue weighted by Gasteiger charge is 2.08. The zero-order chi connectivity index (χ0) is 23.6. The highest BCUT2D eigenvalue weighted by molar-refractivity contribution is 5.44. The van der Waals surface area contributed by atoms with Crippen molar-refractivity contribution >= 4 is 17.8 Å². The number of nitrogens with one attached hydrogen (secondary N) is 3. The van der Waals surface area contributed by atoms with Crippen LogP contribution in [0.5, 0.6) is 11.5 Å². The number of ether oxygens (including phenoxy) is 2. The van der Waals surface area contributed by atoms with Gasteiger partial charge in [-0.15, -0.1) is 0 Å². The summed E-state index contributed by atoms with van der Waals surface area (Å²) in [7, 11) is 3.31. The number of anilines is 3. The second-order valence-corrected chi connectivity index (χ2v) is 7.55. The van der Waals surface area contributed by atoms with Gasteiger partial charge in [0.1, 0.15) is 11.5 Å². The van der Waals surface area contributed by atoms with Gasteiger partial charge in [0.05, 0.1) is 14.2 Å². The fourth-order valence-electron chi connectivity index (χ4n) is 3.24. The van der Waals surface area contributed by atoms with Crippen LogP contribution in [0.3, 0.4) is 0 Å².